The Labute approximate surface area is 133 Å². The van der Waals surface area contributed by atoms with Gasteiger partial charge in [0.2, 0.25) is 10.0 Å². The van der Waals surface area contributed by atoms with Gasteiger partial charge < -0.3 is 9.84 Å². The third-order valence-corrected chi connectivity index (χ3v) is 6.18. The van der Waals surface area contributed by atoms with E-state index in [1.807, 2.05) is 6.92 Å². The summed E-state index contributed by atoms with van der Waals surface area (Å²) in [5.41, 5.74) is 0.740. The van der Waals surface area contributed by atoms with E-state index in [0.717, 1.165) is 9.87 Å². The number of carboxylic acid groups (broad SMARTS) is 1. The monoisotopic (exact) mass is 345 g/mol. The van der Waals surface area contributed by atoms with Gasteiger partial charge in [0.15, 0.2) is 0 Å². The Morgan fingerprint density at radius 2 is 2.18 bits per heavy atom. The minimum atomic E-state index is -3.88. The Morgan fingerprint density at radius 3 is 2.86 bits per heavy atom. The Balaban J connectivity index is 2.02. The van der Waals surface area contributed by atoms with Gasteiger partial charge in [-0.1, -0.05) is 11.6 Å². The first kappa shape index (κ1) is 15.6. The van der Waals surface area contributed by atoms with Gasteiger partial charge in [-0.25, -0.2) is 8.42 Å². The standard InChI is InChI=1S/C14H16ClNO5S/c1-8-5-9-6-10(7-11(15)13(9)21-8)22(19,20)16-4-2-3-12(16)14(17)18/h6-8,12H,2-5H2,1H3,(H,17,18). The van der Waals surface area contributed by atoms with E-state index in [4.69, 9.17) is 16.3 Å². The molecule has 2 heterocycles. The molecule has 1 fully saturated rings. The van der Waals surface area contributed by atoms with Crippen molar-refractivity contribution in [3.05, 3.63) is 22.7 Å². The van der Waals surface area contributed by atoms with Crippen molar-refractivity contribution in [2.75, 3.05) is 6.54 Å². The average Bonchev–Trinajstić information content (AvgIpc) is 3.04. The molecule has 6 nitrogen and oxygen atoms in total. The molecule has 0 radical (unpaired) electrons. The molecule has 0 saturated carbocycles. The zero-order valence-corrected chi connectivity index (χ0v) is 13.5. The van der Waals surface area contributed by atoms with Crippen molar-refractivity contribution in [3.63, 3.8) is 0 Å². The third kappa shape index (κ3) is 2.47. The number of carboxylic acids is 1. The first-order valence-corrected chi connectivity index (χ1v) is 8.86. The van der Waals surface area contributed by atoms with Crippen LogP contribution in [-0.2, 0) is 21.2 Å². The van der Waals surface area contributed by atoms with E-state index in [-0.39, 0.29) is 22.6 Å². The molecule has 0 aliphatic carbocycles. The quantitative estimate of drug-likeness (QED) is 0.904. The molecule has 2 atom stereocenters. The average molecular weight is 346 g/mol. The van der Waals surface area contributed by atoms with E-state index in [9.17, 15) is 18.3 Å². The third-order valence-electron chi connectivity index (χ3n) is 4.02. The molecule has 2 aliphatic heterocycles. The summed E-state index contributed by atoms with van der Waals surface area (Å²) in [5.74, 6) is -0.602. The number of ether oxygens (including phenoxy) is 1. The number of halogens is 1. The van der Waals surface area contributed by atoms with Crippen LogP contribution in [0.15, 0.2) is 17.0 Å². The lowest BCUT2D eigenvalue weighted by atomic mass is 10.1. The van der Waals surface area contributed by atoms with Gasteiger partial charge in [0.1, 0.15) is 17.9 Å². The Morgan fingerprint density at radius 1 is 1.45 bits per heavy atom. The van der Waals surface area contributed by atoms with Crippen LogP contribution >= 0.6 is 11.6 Å². The molecular formula is C14H16ClNO5S. The second-order valence-electron chi connectivity index (χ2n) is 5.64. The van der Waals surface area contributed by atoms with Crippen LogP contribution in [-0.4, -0.2) is 42.5 Å². The number of sulfonamides is 1. The van der Waals surface area contributed by atoms with Crippen molar-refractivity contribution < 1.29 is 23.1 Å². The maximum Gasteiger partial charge on any atom is 0.322 e. The molecule has 0 amide bonds. The summed E-state index contributed by atoms with van der Waals surface area (Å²) in [6, 6.07) is 1.87. The predicted molar refractivity (Wildman–Crippen MR) is 79.8 cm³/mol. The Kier molecular flexibility index (Phi) is 3.82. The highest BCUT2D eigenvalue weighted by molar-refractivity contribution is 7.89. The van der Waals surface area contributed by atoms with E-state index < -0.39 is 22.0 Å². The minimum Gasteiger partial charge on any atom is -0.489 e. The van der Waals surface area contributed by atoms with E-state index in [1.54, 1.807) is 0 Å². The smallest absolute Gasteiger partial charge is 0.322 e. The highest BCUT2D eigenvalue weighted by Crippen LogP contribution is 2.39. The van der Waals surface area contributed by atoms with Crippen molar-refractivity contribution in [1.29, 1.82) is 0 Å². The van der Waals surface area contributed by atoms with Gasteiger partial charge >= 0.3 is 5.97 Å². The Bertz CT molecular complexity index is 733. The fourth-order valence-electron chi connectivity index (χ4n) is 3.02. The maximum absolute atomic E-state index is 12.7. The van der Waals surface area contributed by atoms with Gasteiger partial charge in [-0.3, -0.25) is 4.79 Å². The summed E-state index contributed by atoms with van der Waals surface area (Å²) in [7, 11) is -3.88. The molecule has 2 aliphatic rings. The van der Waals surface area contributed by atoms with Crippen LogP contribution in [0.25, 0.3) is 0 Å². The van der Waals surface area contributed by atoms with Crippen LogP contribution in [0, 0.1) is 0 Å². The lowest BCUT2D eigenvalue weighted by Crippen LogP contribution is -2.40. The first-order chi connectivity index (χ1) is 10.3. The summed E-state index contributed by atoms with van der Waals surface area (Å²) in [6.45, 7) is 2.09. The summed E-state index contributed by atoms with van der Waals surface area (Å²) in [5, 5.41) is 9.43. The largest absolute Gasteiger partial charge is 0.489 e. The minimum absolute atomic E-state index is 0.0297. The van der Waals surface area contributed by atoms with Gasteiger partial charge in [0, 0.05) is 18.5 Å². The molecule has 0 spiro atoms. The van der Waals surface area contributed by atoms with E-state index in [1.165, 1.54) is 12.1 Å². The molecule has 0 aromatic heterocycles. The van der Waals surface area contributed by atoms with Gasteiger partial charge in [-0.05, 0) is 31.9 Å². The molecule has 120 valence electrons. The number of rotatable bonds is 3. The predicted octanol–water partition coefficient (Wildman–Crippen LogP) is 1.90. The van der Waals surface area contributed by atoms with Crippen LogP contribution in [0.3, 0.4) is 0 Å². The molecule has 2 unspecified atom stereocenters. The van der Waals surface area contributed by atoms with Crippen molar-refractivity contribution in [3.8, 4) is 5.75 Å². The van der Waals surface area contributed by atoms with Crippen molar-refractivity contribution in [2.45, 2.75) is 43.2 Å². The molecule has 8 heteroatoms. The van der Waals surface area contributed by atoms with Crippen LogP contribution in [0.4, 0.5) is 0 Å². The number of hydrogen-bond donors (Lipinski definition) is 1. The van der Waals surface area contributed by atoms with E-state index in [2.05, 4.69) is 0 Å². The number of nitrogens with zero attached hydrogens (tertiary/aromatic N) is 1. The van der Waals surface area contributed by atoms with Crippen LogP contribution in [0.5, 0.6) is 5.75 Å². The highest BCUT2D eigenvalue weighted by atomic mass is 35.5. The van der Waals surface area contributed by atoms with Crippen LogP contribution in [0.1, 0.15) is 25.3 Å². The maximum atomic E-state index is 12.7. The highest BCUT2D eigenvalue weighted by Gasteiger charge is 2.40. The SMILES string of the molecule is CC1Cc2cc(S(=O)(=O)N3CCCC3C(=O)O)cc(Cl)c2O1. The summed E-state index contributed by atoms with van der Waals surface area (Å²) in [6.07, 6.45) is 1.40. The Hall–Kier alpha value is -1.31. The van der Waals surface area contributed by atoms with Crippen molar-refractivity contribution >= 4 is 27.6 Å². The van der Waals surface area contributed by atoms with Crippen LogP contribution in [0.2, 0.25) is 5.02 Å². The number of hydrogen-bond acceptors (Lipinski definition) is 4. The number of benzene rings is 1. The second kappa shape index (κ2) is 5.40. The van der Waals surface area contributed by atoms with E-state index >= 15 is 0 Å². The normalized spacial score (nSPS) is 25.0. The molecule has 1 N–H and O–H groups in total. The van der Waals surface area contributed by atoms with Gasteiger partial charge in [-0.2, -0.15) is 4.31 Å². The fraction of sp³-hybridized carbons (Fsp3) is 0.500. The summed E-state index contributed by atoms with van der Waals surface area (Å²) < 4.78 is 32.1. The van der Waals surface area contributed by atoms with Gasteiger partial charge in [0.25, 0.3) is 0 Å². The number of fused-ring (bicyclic) bond motifs is 1. The molecule has 3 rings (SSSR count). The van der Waals surface area contributed by atoms with E-state index in [0.29, 0.717) is 25.0 Å². The summed E-state index contributed by atoms with van der Waals surface area (Å²) >= 11 is 6.13. The molecule has 22 heavy (non-hydrogen) atoms. The first-order valence-electron chi connectivity index (χ1n) is 7.04. The zero-order chi connectivity index (χ0) is 16.1. The topological polar surface area (TPSA) is 83.9 Å². The summed E-state index contributed by atoms with van der Waals surface area (Å²) in [4.78, 5) is 11.3. The second-order valence-corrected chi connectivity index (χ2v) is 7.94. The molecule has 1 saturated heterocycles. The molecule has 0 bridgehead atoms. The lowest BCUT2D eigenvalue weighted by Gasteiger charge is -2.21. The molecule has 1 aromatic carbocycles. The van der Waals surface area contributed by atoms with Crippen molar-refractivity contribution in [1.82, 2.24) is 4.31 Å². The number of aliphatic carboxylic acids is 1. The lowest BCUT2D eigenvalue weighted by molar-refractivity contribution is -0.140. The molecular weight excluding hydrogens is 330 g/mol. The zero-order valence-electron chi connectivity index (χ0n) is 12.0. The van der Waals surface area contributed by atoms with Gasteiger partial charge in [0.05, 0.1) is 9.92 Å². The van der Waals surface area contributed by atoms with Crippen LogP contribution < -0.4 is 4.74 Å². The molecule has 1 aromatic rings. The van der Waals surface area contributed by atoms with Gasteiger partial charge in [-0.15, -0.1) is 0 Å². The van der Waals surface area contributed by atoms with Crippen molar-refractivity contribution in [2.24, 2.45) is 0 Å². The fourth-order valence-corrected chi connectivity index (χ4v) is 5.09. The number of carbonyl (C=O) groups is 1.